The van der Waals surface area contributed by atoms with Crippen LogP contribution in [0.25, 0.3) is 0 Å². The normalized spacial score (nSPS) is 11.8. The molecule has 2 rings (SSSR count). The summed E-state index contributed by atoms with van der Waals surface area (Å²) < 4.78 is 18.9. The molecule has 22 heavy (non-hydrogen) atoms. The van der Waals surface area contributed by atoms with Gasteiger partial charge in [0.15, 0.2) is 0 Å². The molecule has 0 bridgehead atoms. The molecule has 0 aliphatic carbocycles. The fourth-order valence-electron chi connectivity index (χ4n) is 2.21. The van der Waals surface area contributed by atoms with E-state index < -0.39 is 0 Å². The molecule has 3 nitrogen and oxygen atoms in total. The van der Waals surface area contributed by atoms with E-state index in [2.05, 4.69) is 5.32 Å². The predicted octanol–water partition coefficient (Wildman–Crippen LogP) is 3.64. The second-order valence-electron chi connectivity index (χ2n) is 5.06. The van der Waals surface area contributed by atoms with E-state index in [1.807, 2.05) is 38.1 Å². The Labute approximate surface area is 130 Å². The van der Waals surface area contributed by atoms with Crippen molar-refractivity contribution in [2.24, 2.45) is 0 Å². The summed E-state index contributed by atoms with van der Waals surface area (Å²) in [6.45, 7) is 4.45. The molecule has 2 aromatic rings. The lowest BCUT2D eigenvalue weighted by Crippen LogP contribution is -2.28. The van der Waals surface area contributed by atoms with Crippen LogP contribution in [-0.4, -0.2) is 12.5 Å². The van der Waals surface area contributed by atoms with Gasteiger partial charge in [-0.05, 0) is 43.2 Å². The molecule has 0 saturated carbocycles. The van der Waals surface area contributed by atoms with Gasteiger partial charge in [-0.25, -0.2) is 4.39 Å². The van der Waals surface area contributed by atoms with Crippen molar-refractivity contribution in [3.8, 4) is 5.75 Å². The van der Waals surface area contributed by atoms with E-state index in [1.165, 1.54) is 6.07 Å². The van der Waals surface area contributed by atoms with Gasteiger partial charge in [-0.15, -0.1) is 0 Å². The maximum Gasteiger partial charge on any atom is 0.225 e. The maximum absolute atomic E-state index is 13.5. The summed E-state index contributed by atoms with van der Waals surface area (Å²) in [4.78, 5) is 12.0. The topological polar surface area (TPSA) is 38.3 Å². The molecule has 0 aliphatic heterocycles. The molecule has 1 amide bonds. The van der Waals surface area contributed by atoms with Crippen LogP contribution in [0.1, 0.15) is 31.0 Å². The van der Waals surface area contributed by atoms with Gasteiger partial charge in [0.05, 0.1) is 19.1 Å². The van der Waals surface area contributed by atoms with Crippen LogP contribution in [-0.2, 0) is 11.2 Å². The summed E-state index contributed by atoms with van der Waals surface area (Å²) in [5, 5.41) is 2.88. The van der Waals surface area contributed by atoms with Crippen molar-refractivity contribution in [1.29, 1.82) is 0 Å². The molecule has 0 heterocycles. The zero-order valence-electron chi connectivity index (χ0n) is 12.8. The van der Waals surface area contributed by atoms with Gasteiger partial charge >= 0.3 is 0 Å². The number of amides is 1. The molecule has 0 radical (unpaired) electrons. The third-order valence-corrected chi connectivity index (χ3v) is 3.38. The van der Waals surface area contributed by atoms with Gasteiger partial charge < -0.3 is 10.1 Å². The Balaban J connectivity index is 1.94. The Hall–Kier alpha value is -2.36. The van der Waals surface area contributed by atoms with Crippen molar-refractivity contribution in [2.75, 3.05) is 6.61 Å². The Morgan fingerprint density at radius 1 is 1.18 bits per heavy atom. The number of rotatable bonds is 6. The second-order valence-corrected chi connectivity index (χ2v) is 5.06. The van der Waals surface area contributed by atoms with E-state index in [0.717, 1.165) is 11.3 Å². The molecule has 1 N–H and O–H groups in total. The van der Waals surface area contributed by atoms with Crippen LogP contribution >= 0.6 is 0 Å². The molecule has 1 atom stereocenters. The molecule has 2 aromatic carbocycles. The van der Waals surface area contributed by atoms with Crippen molar-refractivity contribution in [1.82, 2.24) is 5.32 Å². The van der Waals surface area contributed by atoms with Crippen molar-refractivity contribution in [3.63, 3.8) is 0 Å². The Bertz CT molecular complexity index is 625. The van der Waals surface area contributed by atoms with Gasteiger partial charge in [0.2, 0.25) is 5.91 Å². The fourth-order valence-corrected chi connectivity index (χ4v) is 2.21. The Morgan fingerprint density at radius 3 is 2.50 bits per heavy atom. The SMILES string of the molecule is CCOc1ccc([C@@H](C)NC(=O)Cc2ccccc2F)cc1. The van der Waals surface area contributed by atoms with E-state index in [4.69, 9.17) is 4.74 Å². The molecule has 116 valence electrons. The summed E-state index contributed by atoms with van der Waals surface area (Å²) in [7, 11) is 0. The van der Waals surface area contributed by atoms with Crippen molar-refractivity contribution >= 4 is 5.91 Å². The van der Waals surface area contributed by atoms with E-state index in [0.29, 0.717) is 12.2 Å². The lowest BCUT2D eigenvalue weighted by Gasteiger charge is -2.15. The first-order chi connectivity index (χ1) is 10.6. The fraction of sp³-hybridized carbons (Fsp3) is 0.278. The first-order valence-corrected chi connectivity index (χ1v) is 7.35. The van der Waals surface area contributed by atoms with Crippen LogP contribution in [0.5, 0.6) is 5.75 Å². The summed E-state index contributed by atoms with van der Waals surface area (Å²) >= 11 is 0. The van der Waals surface area contributed by atoms with Gasteiger partial charge in [-0.3, -0.25) is 4.79 Å². The highest BCUT2D eigenvalue weighted by Gasteiger charge is 2.12. The molecule has 0 aromatic heterocycles. The molecule has 0 unspecified atom stereocenters. The standard InChI is InChI=1S/C18H20FNO2/c1-3-22-16-10-8-14(9-11-16)13(2)20-18(21)12-15-6-4-5-7-17(15)19/h4-11,13H,3,12H2,1-2H3,(H,20,21)/t13-/m1/s1. The molecule has 0 saturated heterocycles. The van der Waals surface area contributed by atoms with E-state index in [9.17, 15) is 9.18 Å². The highest BCUT2D eigenvalue weighted by Crippen LogP contribution is 2.18. The number of hydrogen-bond donors (Lipinski definition) is 1. The van der Waals surface area contributed by atoms with E-state index in [-0.39, 0.29) is 24.2 Å². The quantitative estimate of drug-likeness (QED) is 0.884. The molecule has 4 heteroatoms. The van der Waals surface area contributed by atoms with Crippen LogP contribution in [0, 0.1) is 5.82 Å². The molecular formula is C18H20FNO2. The minimum Gasteiger partial charge on any atom is -0.494 e. The number of hydrogen-bond acceptors (Lipinski definition) is 2. The van der Waals surface area contributed by atoms with E-state index in [1.54, 1.807) is 18.2 Å². The van der Waals surface area contributed by atoms with Crippen LogP contribution < -0.4 is 10.1 Å². The molecule has 0 fully saturated rings. The highest BCUT2D eigenvalue weighted by molar-refractivity contribution is 5.79. The zero-order chi connectivity index (χ0) is 15.9. The Kier molecular flexibility index (Phi) is 5.53. The van der Waals surface area contributed by atoms with Crippen molar-refractivity contribution < 1.29 is 13.9 Å². The summed E-state index contributed by atoms with van der Waals surface area (Å²) in [5.41, 5.74) is 1.38. The van der Waals surface area contributed by atoms with Gasteiger partial charge in [0.1, 0.15) is 11.6 Å². The predicted molar refractivity (Wildman–Crippen MR) is 84.3 cm³/mol. The van der Waals surface area contributed by atoms with Crippen LogP contribution in [0.4, 0.5) is 4.39 Å². The van der Waals surface area contributed by atoms with Gasteiger partial charge in [0, 0.05) is 0 Å². The van der Waals surface area contributed by atoms with Crippen molar-refractivity contribution in [2.45, 2.75) is 26.3 Å². The number of carbonyl (C=O) groups is 1. The van der Waals surface area contributed by atoms with Gasteiger partial charge in [0.25, 0.3) is 0 Å². The Morgan fingerprint density at radius 2 is 1.86 bits per heavy atom. The summed E-state index contributed by atoms with van der Waals surface area (Å²) in [5.74, 6) is 0.244. The lowest BCUT2D eigenvalue weighted by molar-refractivity contribution is -0.121. The van der Waals surface area contributed by atoms with E-state index >= 15 is 0 Å². The van der Waals surface area contributed by atoms with Crippen LogP contribution in [0.2, 0.25) is 0 Å². The van der Waals surface area contributed by atoms with Crippen molar-refractivity contribution in [3.05, 3.63) is 65.5 Å². The highest BCUT2D eigenvalue weighted by atomic mass is 19.1. The average molecular weight is 301 g/mol. The van der Waals surface area contributed by atoms with Crippen LogP contribution in [0.15, 0.2) is 48.5 Å². The van der Waals surface area contributed by atoms with Gasteiger partial charge in [-0.2, -0.15) is 0 Å². The molecule has 0 aliphatic rings. The first-order valence-electron chi connectivity index (χ1n) is 7.35. The number of benzene rings is 2. The smallest absolute Gasteiger partial charge is 0.225 e. The summed E-state index contributed by atoms with van der Waals surface area (Å²) in [6, 6.07) is 13.7. The number of ether oxygens (including phenoxy) is 1. The maximum atomic E-state index is 13.5. The summed E-state index contributed by atoms with van der Waals surface area (Å²) in [6.07, 6.45) is 0.0358. The number of carbonyl (C=O) groups excluding carboxylic acids is 1. The first kappa shape index (κ1) is 16.0. The number of nitrogens with one attached hydrogen (secondary N) is 1. The molecular weight excluding hydrogens is 281 g/mol. The largest absolute Gasteiger partial charge is 0.494 e. The molecule has 0 spiro atoms. The number of halogens is 1. The third kappa shape index (κ3) is 4.32. The average Bonchev–Trinajstić information content (AvgIpc) is 2.50. The zero-order valence-corrected chi connectivity index (χ0v) is 12.8. The lowest BCUT2D eigenvalue weighted by atomic mass is 10.1. The monoisotopic (exact) mass is 301 g/mol. The van der Waals surface area contributed by atoms with Gasteiger partial charge in [-0.1, -0.05) is 30.3 Å². The minimum atomic E-state index is -0.355. The second kappa shape index (κ2) is 7.59. The minimum absolute atomic E-state index is 0.0358. The van der Waals surface area contributed by atoms with Crippen LogP contribution in [0.3, 0.4) is 0 Å². The third-order valence-electron chi connectivity index (χ3n) is 3.38.